The van der Waals surface area contributed by atoms with E-state index in [-0.39, 0.29) is 0 Å². The van der Waals surface area contributed by atoms with Crippen LogP contribution in [-0.2, 0) is 0 Å². The van der Waals surface area contributed by atoms with Crippen molar-refractivity contribution in [1.82, 2.24) is 9.88 Å². The summed E-state index contributed by atoms with van der Waals surface area (Å²) in [5.41, 5.74) is 2.97. The van der Waals surface area contributed by atoms with Gasteiger partial charge < -0.3 is 4.90 Å². The third kappa shape index (κ3) is 3.07. The van der Waals surface area contributed by atoms with E-state index in [2.05, 4.69) is 35.3 Å². The predicted octanol–water partition coefficient (Wildman–Crippen LogP) is 3.52. The van der Waals surface area contributed by atoms with E-state index in [0.717, 1.165) is 5.52 Å². The van der Waals surface area contributed by atoms with E-state index in [1.165, 1.54) is 24.1 Å². The molecule has 0 saturated carbocycles. The van der Waals surface area contributed by atoms with Crippen molar-refractivity contribution in [2.45, 2.75) is 12.8 Å². The summed E-state index contributed by atoms with van der Waals surface area (Å²) in [6.07, 6.45) is 6.95. The zero-order valence-electron chi connectivity index (χ0n) is 9.47. The molecule has 0 aliphatic carbocycles. The third-order valence-electron chi connectivity index (χ3n) is 2.48. The highest BCUT2D eigenvalue weighted by Crippen LogP contribution is 2.15. The van der Waals surface area contributed by atoms with Crippen LogP contribution in [0.2, 0.25) is 0 Å². The van der Waals surface area contributed by atoms with Crippen molar-refractivity contribution in [1.29, 1.82) is 0 Å². The first-order valence-corrected chi connectivity index (χ1v) is 6.39. The molecular weight excluding hydrogens is 216 g/mol. The van der Waals surface area contributed by atoms with E-state index in [1.54, 1.807) is 11.3 Å². The second-order valence-corrected chi connectivity index (χ2v) is 4.71. The number of hydrogen-bond donors (Lipinski definition) is 0. The van der Waals surface area contributed by atoms with Gasteiger partial charge in [0.05, 0.1) is 15.7 Å². The van der Waals surface area contributed by atoms with Gasteiger partial charge in [0.1, 0.15) is 0 Å². The first kappa shape index (κ1) is 11.1. The molecule has 16 heavy (non-hydrogen) atoms. The number of allylic oxidation sites excluding steroid dienone is 1. The monoisotopic (exact) mass is 232 g/mol. The standard InChI is InChI=1S/C7H5NS.C6H11N/c1-2-4-7-6(3-1)8-5-9-7;1-7-5-3-2-4-6-7/h1-5H;3,5H,2,4,6H2,1H3. The maximum atomic E-state index is 4.14. The number of benzene rings is 1. The Bertz CT molecular complexity index is 431. The topological polar surface area (TPSA) is 16.1 Å². The van der Waals surface area contributed by atoms with Gasteiger partial charge in [-0.2, -0.15) is 0 Å². The van der Waals surface area contributed by atoms with Crippen molar-refractivity contribution >= 4 is 21.6 Å². The highest BCUT2D eigenvalue weighted by atomic mass is 32.1. The van der Waals surface area contributed by atoms with E-state index in [0.29, 0.717) is 0 Å². The Kier molecular flexibility index (Phi) is 3.94. The van der Waals surface area contributed by atoms with Crippen LogP contribution in [0.5, 0.6) is 0 Å². The predicted molar refractivity (Wildman–Crippen MR) is 70.6 cm³/mol. The van der Waals surface area contributed by atoms with E-state index in [1.807, 2.05) is 23.7 Å². The zero-order valence-corrected chi connectivity index (χ0v) is 10.3. The van der Waals surface area contributed by atoms with Crippen LogP contribution in [-0.4, -0.2) is 23.5 Å². The van der Waals surface area contributed by atoms with Crippen molar-refractivity contribution in [2.75, 3.05) is 13.6 Å². The molecule has 0 N–H and O–H groups in total. The van der Waals surface area contributed by atoms with Crippen LogP contribution in [0.25, 0.3) is 10.2 Å². The van der Waals surface area contributed by atoms with E-state index in [4.69, 9.17) is 0 Å². The molecule has 0 bridgehead atoms. The summed E-state index contributed by atoms with van der Waals surface area (Å²) in [4.78, 5) is 6.35. The number of thiazole rings is 1. The molecule has 1 aromatic heterocycles. The average Bonchev–Trinajstić information content (AvgIpc) is 2.79. The second-order valence-electron chi connectivity index (χ2n) is 3.83. The van der Waals surface area contributed by atoms with E-state index in [9.17, 15) is 0 Å². The van der Waals surface area contributed by atoms with Gasteiger partial charge in [-0.15, -0.1) is 11.3 Å². The van der Waals surface area contributed by atoms with Gasteiger partial charge >= 0.3 is 0 Å². The SMILES string of the molecule is CN1C=CCCC1.c1ccc2scnc2c1. The summed E-state index contributed by atoms with van der Waals surface area (Å²) in [6.45, 7) is 1.23. The van der Waals surface area contributed by atoms with Crippen LogP contribution < -0.4 is 0 Å². The third-order valence-corrected chi connectivity index (χ3v) is 3.29. The summed E-state index contributed by atoms with van der Waals surface area (Å²) in [6, 6.07) is 8.13. The highest BCUT2D eigenvalue weighted by molar-refractivity contribution is 7.16. The Balaban J connectivity index is 0.000000125. The Hall–Kier alpha value is -1.35. The van der Waals surface area contributed by atoms with Crippen molar-refractivity contribution in [3.05, 3.63) is 42.1 Å². The summed E-state index contributed by atoms with van der Waals surface area (Å²) in [5.74, 6) is 0. The van der Waals surface area contributed by atoms with Gasteiger partial charge in [-0.1, -0.05) is 18.2 Å². The lowest BCUT2D eigenvalue weighted by atomic mass is 10.2. The maximum Gasteiger partial charge on any atom is 0.0812 e. The van der Waals surface area contributed by atoms with Crippen LogP contribution >= 0.6 is 11.3 Å². The molecule has 2 heterocycles. The fourth-order valence-corrected chi connectivity index (χ4v) is 2.27. The van der Waals surface area contributed by atoms with Gasteiger partial charge in [-0.3, -0.25) is 0 Å². The molecule has 0 fully saturated rings. The molecule has 0 spiro atoms. The van der Waals surface area contributed by atoms with Crippen molar-refractivity contribution in [2.24, 2.45) is 0 Å². The van der Waals surface area contributed by atoms with Crippen LogP contribution in [0.1, 0.15) is 12.8 Å². The molecule has 0 atom stereocenters. The Morgan fingerprint density at radius 2 is 2.19 bits per heavy atom. The maximum absolute atomic E-state index is 4.14. The van der Waals surface area contributed by atoms with Crippen LogP contribution in [0, 0.1) is 0 Å². The summed E-state index contributed by atoms with van der Waals surface area (Å²) >= 11 is 1.68. The molecule has 0 saturated heterocycles. The molecule has 1 aromatic carbocycles. The van der Waals surface area contributed by atoms with Crippen molar-refractivity contribution in [3.63, 3.8) is 0 Å². The molecule has 1 aliphatic rings. The number of nitrogens with zero attached hydrogens (tertiary/aromatic N) is 2. The molecule has 1 aliphatic heterocycles. The van der Waals surface area contributed by atoms with Gasteiger partial charge in [-0.25, -0.2) is 4.98 Å². The largest absolute Gasteiger partial charge is 0.381 e. The number of rotatable bonds is 0. The lowest BCUT2D eigenvalue weighted by Crippen LogP contribution is -2.14. The van der Waals surface area contributed by atoms with Gasteiger partial charge in [-0.05, 0) is 31.2 Å². The van der Waals surface area contributed by atoms with Gasteiger partial charge in [0, 0.05) is 13.6 Å². The van der Waals surface area contributed by atoms with Crippen molar-refractivity contribution in [3.8, 4) is 0 Å². The molecule has 2 aromatic rings. The lowest BCUT2D eigenvalue weighted by molar-refractivity contribution is 0.426. The minimum absolute atomic E-state index is 1.10. The second kappa shape index (κ2) is 5.66. The van der Waals surface area contributed by atoms with Crippen LogP contribution in [0.3, 0.4) is 0 Å². The highest BCUT2D eigenvalue weighted by Gasteiger charge is 1.93. The Labute approximate surface area is 100 Å². The van der Waals surface area contributed by atoms with Gasteiger partial charge in [0.25, 0.3) is 0 Å². The lowest BCUT2D eigenvalue weighted by Gasteiger charge is -2.16. The number of aromatic nitrogens is 1. The Morgan fingerprint density at radius 3 is 2.81 bits per heavy atom. The smallest absolute Gasteiger partial charge is 0.0812 e. The molecule has 2 nitrogen and oxygen atoms in total. The molecule has 0 radical (unpaired) electrons. The molecular formula is C13H16N2S. The molecule has 3 heteroatoms. The number of fused-ring (bicyclic) bond motifs is 1. The van der Waals surface area contributed by atoms with Crippen LogP contribution in [0.4, 0.5) is 0 Å². The van der Waals surface area contributed by atoms with Gasteiger partial charge in [0.2, 0.25) is 0 Å². The summed E-state index contributed by atoms with van der Waals surface area (Å²) in [7, 11) is 2.11. The van der Waals surface area contributed by atoms with Gasteiger partial charge in [0.15, 0.2) is 0 Å². The fraction of sp³-hybridized carbons (Fsp3) is 0.308. The molecule has 84 valence electrons. The number of para-hydroxylation sites is 1. The first-order chi connectivity index (χ1) is 7.86. The molecule has 0 unspecified atom stereocenters. The minimum atomic E-state index is 1.10. The average molecular weight is 232 g/mol. The Morgan fingerprint density at radius 1 is 1.31 bits per heavy atom. The van der Waals surface area contributed by atoms with Crippen molar-refractivity contribution < 1.29 is 0 Å². The summed E-state index contributed by atoms with van der Waals surface area (Å²) < 4.78 is 1.26. The van der Waals surface area contributed by atoms with E-state index >= 15 is 0 Å². The first-order valence-electron chi connectivity index (χ1n) is 5.51. The zero-order chi connectivity index (χ0) is 11.2. The normalized spacial score (nSPS) is 14.7. The minimum Gasteiger partial charge on any atom is -0.381 e. The van der Waals surface area contributed by atoms with Crippen LogP contribution in [0.15, 0.2) is 42.1 Å². The molecule has 3 rings (SSSR count). The summed E-state index contributed by atoms with van der Waals surface area (Å²) in [5, 5.41) is 0. The fourth-order valence-electron chi connectivity index (χ4n) is 1.59. The van der Waals surface area contributed by atoms with E-state index < -0.39 is 0 Å². The quantitative estimate of drug-likeness (QED) is 0.691. The molecule has 0 amide bonds. The number of hydrogen-bond acceptors (Lipinski definition) is 3.